The maximum atomic E-state index is 13.1. The highest BCUT2D eigenvalue weighted by Crippen LogP contribution is 2.36. The molecule has 5 nitrogen and oxygen atoms in total. The number of nitrogens with zero attached hydrogens (tertiary/aromatic N) is 2. The summed E-state index contributed by atoms with van der Waals surface area (Å²) in [6, 6.07) is 14.6. The Balaban J connectivity index is 1.61. The summed E-state index contributed by atoms with van der Waals surface area (Å²) in [6.45, 7) is 6.57. The predicted octanol–water partition coefficient (Wildman–Crippen LogP) is 4.66. The molecular formula is C24H26N2O3. The van der Waals surface area contributed by atoms with Crippen molar-refractivity contribution < 1.29 is 14.1 Å². The Labute approximate surface area is 171 Å². The molecule has 0 N–H and O–H groups in total. The molecule has 5 heteroatoms. The number of hydrogen-bond acceptors (Lipinski definition) is 4. The smallest absolute Gasteiger partial charge is 0.227 e. The molecular weight excluding hydrogens is 364 g/mol. The number of amides is 1. The molecule has 0 saturated heterocycles. The Morgan fingerprint density at radius 3 is 2.62 bits per heavy atom. The second-order valence-corrected chi connectivity index (χ2v) is 7.59. The van der Waals surface area contributed by atoms with Crippen LogP contribution in [0, 0.1) is 13.8 Å². The molecule has 4 rings (SSSR count). The third-order valence-electron chi connectivity index (χ3n) is 5.96. The zero-order valence-electron chi connectivity index (χ0n) is 17.4. The monoisotopic (exact) mass is 390 g/mol. The van der Waals surface area contributed by atoms with Crippen LogP contribution in [-0.4, -0.2) is 29.6 Å². The summed E-state index contributed by atoms with van der Waals surface area (Å²) in [5, 5.41) is 3.97. The van der Waals surface area contributed by atoms with Gasteiger partial charge in [0, 0.05) is 12.1 Å². The van der Waals surface area contributed by atoms with Gasteiger partial charge in [0.1, 0.15) is 11.5 Å². The van der Waals surface area contributed by atoms with Gasteiger partial charge in [-0.05, 0) is 61.6 Å². The van der Waals surface area contributed by atoms with Crippen molar-refractivity contribution in [1.82, 2.24) is 10.1 Å². The minimum atomic E-state index is 0.0323. The van der Waals surface area contributed by atoms with E-state index >= 15 is 0 Å². The largest absolute Gasteiger partial charge is 0.497 e. The Morgan fingerprint density at radius 1 is 1.21 bits per heavy atom. The fraction of sp³-hybridized carbons (Fsp3) is 0.333. The molecule has 0 aliphatic carbocycles. The quantitative estimate of drug-likeness (QED) is 0.650. The molecule has 0 saturated carbocycles. The van der Waals surface area contributed by atoms with Gasteiger partial charge in [0.05, 0.1) is 25.3 Å². The summed E-state index contributed by atoms with van der Waals surface area (Å²) in [4.78, 5) is 15.0. The van der Waals surface area contributed by atoms with Gasteiger partial charge in [0.15, 0.2) is 0 Å². The number of methoxy groups -OCH3 is 1. The van der Waals surface area contributed by atoms with E-state index in [9.17, 15) is 4.79 Å². The van der Waals surface area contributed by atoms with Crippen LogP contribution in [0.25, 0.3) is 11.1 Å². The van der Waals surface area contributed by atoms with Crippen LogP contribution < -0.4 is 4.74 Å². The molecule has 1 aliphatic heterocycles. The highest BCUT2D eigenvalue weighted by atomic mass is 16.5. The maximum absolute atomic E-state index is 13.1. The number of aryl methyl sites for hydroxylation is 2. The number of rotatable bonds is 4. The lowest BCUT2D eigenvalue weighted by Crippen LogP contribution is -2.40. The average Bonchev–Trinajstić information content (AvgIpc) is 3.06. The highest BCUT2D eigenvalue weighted by Gasteiger charge is 2.30. The van der Waals surface area contributed by atoms with Gasteiger partial charge < -0.3 is 14.2 Å². The molecule has 2 aromatic carbocycles. The maximum Gasteiger partial charge on any atom is 0.227 e. The van der Waals surface area contributed by atoms with Gasteiger partial charge in [-0.3, -0.25) is 4.79 Å². The summed E-state index contributed by atoms with van der Waals surface area (Å²) in [5.41, 5.74) is 6.64. The Morgan fingerprint density at radius 2 is 1.97 bits per heavy atom. The molecule has 0 unspecified atom stereocenters. The SMILES string of the molecule is COc1ccc(-c2cccc3c2CCN(C(=O)Cc2c(C)noc2C)[C@@H]3C)cc1. The molecule has 1 atom stereocenters. The molecule has 0 spiro atoms. The van der Waals surface area contributed by atoms with Gasteiger partial charge in [-0.2, -0.15) is 0 Å². The average molecular weight is 390 g/mol. The minimum absolute atomic E-state index is 0.0323. The van der Waals surface area contributed by atoms with Crippen LogP contribution in [0.1, 0.15) is 41.1 Å². The van der Waals surface area contributed by atoms with E-state index in [2.05, 4.69) is 42.4 Å². The fourth-order valence-corrected chi connectivity index (χ4v) is 4.26. The van der Waals surface area contributed by atoms with Gasteiger partial charge in [-0.15, -0.1) is 0 Å². The van der Waals surface area contributed by atoms with E-state index in [0.717, 1.165) is 29.2 Å². The molecule has 0 radical (unpaired) electrons. The first-order chi connectivity index (χ1) is 14.0. The van der Waals surface area contributed by atoms with E-state index in [1.54, 1.807) is 7.11 Å². The second kappa shape index (κ2) is 7.74. The van der Waals surface area contributed by atoms with Crippen molar-refractivity contribution in [3.8, 4) is 16.9 Å². The summed E-state index contributed by atoms with van der Waals surface area (Å²) in [6.07, 6.45) is 1.17. The first-order valence-corrected chi connectivity index (χ1v) is 9.97. The number of aromatic nitrogens is 1. The van der Waals surface area contributed by atoms with Crippen molar-refractivity contribution in [2.45, 2.75) is 39.7 Å². The molecule has 2 heterocycles. The number of fused-ring (bicyclic) bond motifs is 1. The summed E-state index contributed by atoms with van der Waals surface area (Å²) < 4.78 is 10.5. The van der Waals surface area contributed by atoms with Gasteiger partial charge >= 0.3 is 0 Å². The molecule has 1 aromatic heterocycles. The van der Waals surface area contributed by atoms with Crippen LogP contribution in [0.3, 0.4) is 0 Å². The van der Waals surface area contributed by atoms with Gasteiger partial charge in [-0.1, -0.05) is 35.5 Å². The fourth-order valence-electron chi connectivity index (χ4n) is 4.26. The van der Waals surface area contributed by atoms with Crippen molar-refractivity contribution in [3.05, 3.63) is 70.6 Å². The van der Waals surface area contributed by atoms with E-state index < -0.39 is 0 Å². The Kier molecular flexibility index (Phi) is 5.14. The topological polar surface area (TPSA) is 55.6 Å². The molecule has 0 bridgehead atoms. The number of hydrogen-bond donors (Lipinski definition) is 0. The molecule has 1 aliphatic rings. The Hall–Kier alpha value is -3.08. The zero-order valence-corrected chi connectivity index (χ0v) is 17.4. The number of carbonyl (C=O) groups excluding carboxylic acids is 1. The normalized spacial score (nSPS) is 15.9. The molecule has 3 aromatic rings. The van der Waals surface area contributed by atoms with Crippen LogP contribution >= 0.6 is 0 Å². The van der Waals surface area contributed by atoms with Crippen molar-refractivity contribution >= 4 is 5.91 Å². The first-order valence-electron chi connectivity index (χ1n) is 9.97. The summed E-state index contributed by atoms with van der Waals surface area (Å²) >= 11 is 0. The number of carbonyl (C=O) groups is 1. The van der Waals surface area contributed by atoms with E-state index in [1.807, 2.05) is 30.9 Å². The molecule has 1 amide bonds. The van der Waals surface area contributed by atoms with Crippen LogP contribution in [0.5, 0.6) is 5.75 Å². The van der Waals surface area contributed by atoms with E-state index in [0.29, 0.717) is 13.0 Å². The highest BCUT2D eigenvalue weighted by molar-refractivity contribution is 5.80. The number of ether oxygens (including phenoxy) is 1. The van der Waals surface area contributed by atoms with Gasteiger partial charge in [0.2, 0.25) is 5.91 Å². The van der Waals surface area contributed by atoms with Gasteiger partial charge in [-0.25, -0.2) is 0 Å². The van der Waals surface area contributed by atoms with Crippen molar-refractivity contribution in [3.63, 3.8) is 0 Å². The van der Waals surface area contributed by atoms with Crippen molar-refractivity contribution in [2.24, 2.45) is 0 Å². The van der Waals surface area contributed by atoms with Crippen molar-refractivity contribution in [2.75, 3.05) is 13.7 Å². The zero-order chi connectivity index (χ0) is 20.5. The number of benzene rings is 2. The molecule has 150 valence electrons. The van der Waals surface area contributed by atoms with E-state index in [1.165, 1.54) is 22.3 Å². The second-order valence-electron chi connectivity index (χ2n) is 7.59. The summed E-state index contributed by atoms with van der Waals surface area (Å²) in [7, 11) is 1.68. The van der Waals surface area contributed by atoms with Crippen LogP contribution in [-0.2, 0) is 17.6 Å². The third-order valence-corrected chi connectivity index (χ3v) is 5.96. The van der Waals surface area contributed by atoms with Gasteiger partial charge in [0.25, 0.3) is 0 Å². The standard InChI is InChI=1S/C24H26N2O3/c1-15-23(17(3)29-25-15)14-24(27)26-13-12-22-20(16(26)2)6-5-7-21(22)18-8-10-19(28-4)11-9-18/h5-11,16H,12-14H2,1-4H3/t16-/m1/s1. The summed E-state index contributed by atoms with van der Waals surface area (Å²) in [5.74, 6) is 1.69. The van der Waals surface area contributed by atoms with Crippen LogP contribution in [0.15, 0.2) is 47.0 Å². The lowest BCUT2D eigenvalue weighted by atomic mass is 9.87. The minimum Gasteiger partial charge on any atom is -0.497 e. The van der Waals surface area contributed by atoms with Crippen molar-refractivity contribution in [1.29, 1.82) is 0 Å². The predicted molar refractivity (Wildman–Crippen MR) is 112 cm³/mol. The Bertz CT molecular complexity index is 1020. The third kappa shape index (κ3) is 3.53. The lowest BCUT2D eigenvalue weighted by molar-refractivity contribution is -0.133. The van der Waals surface area contributed by atoms with E-state index in [-0.39, 0.29) is 11.9 Å². The van der Waals surface area contributed by atoms with Crippen LogP contribution in [0.2, 0.25) is 0 Å². The lowest BCUT2D eigenvalue weighted by Gasteiger charge is -2.36. The molecule has 0 fully saturated rings. The first kappa shape index (κ1) is 19.2. The van der Waals surface area contributed by atoms with Crippen LogP contribution in [0.4, 0.5) is 0 Å². The molecule has 29 heavy (non-hydrogen) atoms. The van der Waals surface area contributed by atoms with E-state index in [4.69, 9.17) is 9.26 Å².